The zero-order chi connectivity index (χ0) is 15.3. The predicted octanol–water partition coefficient (Wildman–Crippen LogP) is 4.45. The Balaban J connectivity index is 2.48. The number of allylic oxidation sites excluding steroid dienone is 2. The van der Waals surface area contributed by atoms with E-state index in [4.69, 9.17) is 0 Å². The number of benzene rings is 1. The van der Waals surface area contributed by atoms with E-state index in [1.807, 2.05) is 12.1 Å². The molecule has 0 saturated carbocycles. The molecule has 0 amide bonds. The summed E-state index contributed by atoms with van der Waals surface area (Å²) in [6.45, 7) is 4.08. The van der Waals surface area contributed by atoms with E-state index in [2.05, 4.69) is 47.1 Å². The van der Waals surface area contributed by atoms with Gasteiger partial charge in [-0.3, -0.25) is 4.48 Å². The van der Waals surface area contributed by atoms with Gasteiger partial charge in [0.25, 0.3) is 0 Å². The summed E-state index contributed by atoms with van der Waals surface area (Å²) in [4.78, 5) is 11.2. The molecule has 0 saturated heterocycles. The summed E-state index contributed by atoms with van der Waals surface area (Å²) in [6, 6.07) is 10.4. The van der Waals surface area contributed by atoms with Gasteiger partial charge in [-0.15, -0.1) is 0 Å². The molecule has 1 atom stereocenters. The van der Waals surface area contributed by atoms with Gasteiger partial charge >= 0.3 is 5.97 Å². The average molecular weight is 351 g/mol. The molecule has 112 valence electrons. The van der Waals surface area contributed by atoms with Gasteiger partial charge in [0.2, 0.25) is 0 Å². The normalized spacial score (nSPS) is 22.8. The fourth-order valence-electron chi connectivity index (χ4n) is 2.92. The smallest absolute Gasteiger partial charge is 0.331 e. The van der Waals surface area contributed by atoms with Crippen LogP contribution in [0.1, 0.15) is 26.2 Å². The van der Waals surface area contributed by atoms with Crippen LogP contribution in [0.3, 0.4) is 0 Å². The number of nitrogens with zero attached hydrogens (tertiary/aromatic N) is 1. The van der Waals surface area contributed by atoms with E-state index in [1.165, 1.54) is 5.69 Å². The van der Waals surface area contributed by atoms with Gasteiger partial charge in [0.1, 0.15) is 5.69 Å². The zero-order valence-electron chi connectivity index (χ0n) is 12.3. The molecule has 0 aromatic heterocycles. The predicted molar refractivity (Wildman–Crippen MR) is 90.2 cm³/mol. The van der Waals surface area contributed by atoms with Gasteiger partial charge in [0.15, 0.2) is 4.61 Å². The summed E-state index contributed by atoms with van der Waals surface area (Å²) in [6.07, 6.45) is 6.18. The van der Waals surface area contributed by atoms with E-state index in [0.29, 0.717) is 12.0 Å². The highest BCUT2D eigenvalue weighted by Crippen LogP contribution is 2.35. The van der Waals surface area contributed by atoms with E-state index < -0.39 is 5.97 Å². The molecule has 3 nitrogen and oxygen atoms in total. The van der Waals surface area contributed by atoms with Crippen LogP contribution < -0.4 is 4.48 Å². The van der Waals surface area contributed by atoms with Crippen molar-refractivity contribution in [2.75, 3.05) is 13.1 Å². The van der Waals surface area contributed by atoms with Crippen molar-refractivity contribution in [3.8, 4) is 0 Å². The first-order valence-electron chi connectivity index (χ1n) is 7.33. The van der Waals surface area contributed by atoms with Gasteiger partial charge in [0, 0.05) is 34.0 Å². The largest absolute Gasteiger partial charge is 0.478 e. The van der Waals surface area contributed by atoms with Gasteiger partial charge < -0.3 is 5.11 Å². The SMILES string of the molecule is CCC[N+]1(c2ccccc2)CCCC(C(=O)O)=CC=C1Br. The van der Waals surface area contributed by atoms with Crippen molar-refractivity contribution < 1.29 is 9.90 Å². The van der Waals surface area contributed by atoms with Gasteiger partial charge in [-0.05, 0) is 31.1 Å². The lowest BCUT2D eigenvalue weighted by Crippen LogP contribution is -2.48. The summed E-state index contributed by atoms with van der Waals surface area (Å²) in [5, 5.41) is 9.17. The maximum Gasteiger partial charge on any atom is 0.331 e. The van der Waals surface area contributed by atoms with E-state index in [-0.39, 0.29) is 0 Å². The van der Waals surface area contributed by atoms with Crippen LogP contribution in [0.5, 0.6) is 0 Å². The van der Waals surface area contributed by atoms with Crippen LogP contribution in [-0.2, 0) is 4.79 Å². The molecule has 0 aliphatic carbocycles. The molecule has 2 rings (SSSR count). The molecule has 1 heterocycles. The van der Waals surface area contributed by atoms with Crippen LogP contribution >= 0.6 is 15.9 Å². The third-order valence-corrected chi connectivity index (χ3v) is 4.89. The van der Waals surface area contributed by atoms with Crippen LogP contribution in [0.25, 0.3) is 0 Å². The molecular weight excluding hydrogens is 330 g/mol. The number of halogens is 1. The van der Waals surface area contributed by atoms with Crippen LogP contribution in [0.4, 0.5) is 5.69 Å². The van der Waals surface area contributed by atoms with Crippen LogP contribution in [0.15, 0.2) is 52.7 Å². The molecule has 1 aliphatic rings. The van der Waals surface area contributed by atoms with Crippen molar-refractivity contribution in [3.63, 3.8) is 0 Å². The van der Waals surface area contributed by atoms with Crippen molar-refractivity contribution in [1.29, 1.82) is 0 Å². The summed E-state index contributed by atoms with van der Waals surface area (Å²) in [7, 11) is 0. The number of quaternary nitrogens is 1. The Labute approximate surface area is 134 Å². The number of carbonyl (C=O) groups is 1. The summed E-state index contributed by atoms with van der Waals surface area (Å²) in [5.41, 5.74) is 1.73. The van der Waals surface area contributed by atoms with Crippen molar-refractivity contribution >= 4 is 27.6 Å². The maximum absolute atomic E-state index is 11.2. The molecular formula is C17H21BrNO2+. The molecule has 1 aromatic carbocycles. The van der Waals surface area contributed by atoms with Crippen molar-refractivity contribution in [2.24, 2.45) is 0 Å². The number of para-hydroxylation sites is 1. The number of carboxylic acids is 1. The minimum absolute atomic E-state index is 0.481. The lowest BCUT2D eigenvalue weighted by Gasteiger charge is -2.38. The minimum Gasteiger partial charge on any atom is -0.478 e. The number of rotatable bonds is 4. The Morgan fingerprint density at radius 1 is 1.29 bits per heavy atom. The lowest BCUT2D eigenvalue weighted by molar-refractivity contribution is -0.132. The van der Waals surface area contributed by atoms with Crippen LogP contribution in [-0.4, -0.2) is 24.2 Å². The molecule has 21 heavy (non-hydrogen) atoms. The number of carboxylic acid groups (broad SMARTS) is 1. The third-order valence-electron chi connectivity index (χ3n) is 3.95. The topological polar surface area (TPSA) is 37.3 Å². The number of hydrogen-bond acceptors (Lipinski definition) is 1. The monoisotopic (exact) mass is 350 g/mol. The second kappa shape index (κ2) is 7.05. The molecule has 0 bridgehead atoms. The highest BCUT2D eigenvalue weighted by atomic mass is 79.9. The molecule has 4 heteroatoms. The standard InChI is InChI=1S/C17H20BrNO2/c1-2-12-19(15-8-4-3-5-9-15)13-6-7-14(17(20)21)10-11-16(19)18/h3-5,8-11H,2,6-7,12-13H2,1H3/p+1. The van der Waals surface area contributed by atoms with Gasteiger partial charge in [-0.1, -0.05) is 25.1 Å². The van der Waals surface area contributed by atoms with E-state index in [1.54, 1.807) is 6.08 Å². The molecule has 0 spiro atoms. The maximum atomic E-state index is 11.2. The first kappa shape index (κ1) is 16.0. The highest BCUT2D eigenvalue weighted by molar-refractivity contribution is 9.11. The highest BCUT2D eigenvalue weighted by Gasteiger charge is 2.34. The zero-order valence-corrected chi connectivity index (χ0v) is 13.8. The summed E-state index contributed by atoms with van der Waals surface area (Å²) < 4.78 is 1.77. The average Bonchev–Trinajstić information content (AvgIpc) is 2.48. The van der Waals surface area contributed by atoms with Crippen molar-refractivity contribution in [3.05, 3.63) is 52.7 Å². The first-order valence-corrected chi connectivity index (χ1v) is 8.12. The Morgan fingerprint density at radius 3 is 2.62 bits per heavy atom. The second-order valence-corrected chi connectivity index (χ2v) is 6.15. The Kier molecular flexibility index (Phi) is 5.37. The Morgan fingerprint density at radius 2 is 2.00 bits per heavy atom. The Hall–Kier alpha value is -1.39. The lowest BCUT2D eigenvalue weighted by atomic mass is 10.1. The molecule has 1 aromatic rings. The molecule has 1 aliphatic heterocycles. The molecule has 1 unspecified atom stereocenters. The quantitative estimate of drug-likeness (QED) is 0.643. The third kappa shape index (κ3) is 3.44. The minimum atomic E-state index is -0.818. The van der Waals surface area contributed by atoms with Gasteiger partial charge in [-0.25, -0.2) is 4.79 Å². The number of aliphatic carboxylic acids is 1. The molecule has 0 radical (unpaired) electrons. The second-order valence-electron chi connectivity index (χ2n) is 5.34. The summed E-state index contributed by atoms with van der Waals surface area (Å²) in [5.74, 6) is -0.818. The summed E-state index contributed by atoms with van der Waals surface area (Å²) >= 11 is 3.71. The molecule has 1 N–H and O–H groups in total. The van der Waals surface area contributed by atoms with Crippen molar-refractivity contribution in [2.45, 2.75) is 26.2 Å². The van der Waals surface area contributed by atoms with Crippen LogP contribution in [0.2, 0.25) is 0 Å². The van der Waals surface area contributed by atoms with Gasteiger partial charge in [-0.2, -0.15) is 0 Å². The van der Waals surface area contributed by atoms with E-state index in [9.17, 15) is 9.90 Å². The fourth-order valence-corrected chi connectivity index (χ4v) is 3.61. The Bertz CT molecular complexity index is 565. The fraction of sp³-hybridized carbons (Fsp3) is 0.353. The first-order chi connectivity index (χ1) is 10.1. The number of hydrogen-bond donors (Lipinski definition) is 1. The van der Waals surface area contributed by atoms with E-state index >= 15 is 0 Å². The van der Waals surface area contributed by atoms with Gasteiger partial charge in [0.05, 0.1) is 13.1 Å². The molecule has 0 fully saturated rings. The van der Waals surface area contributed by atoms with Crippen LogP contribution in [0, 0.1) is 0 Å². The van der Waals surface area contributed by atoms with E-state index in [0.717, 1.165) is 35.0 Å². The van der Waals surface area contributed by atoms with Crippen molar-refractivity contribution in [1.82, 2.24) is 4.48 Å².